The van der Waals surface area contributed by atoms with Gasteiger partial charge in [-0.1, -0.05) is 30.9 Å². The standard InChI is InChI=1S/C16H21ClN2O/c17-13-8-9-18-15(10-13)16(20)19(14-6-7-14)11-12-4-2-1-3-5-12/h8-10,12,14H,1-7,11H2. The lowest BCUT2D eigenvalue weighted by Crippen LogP contribution is -2.38. The van der Waals surface area contributed by atoms with Crippen molar-refractivity contribution in [3.63, 3.8) is 0 Å². The number of amides is 1. The van der Waals surface area contributed by atoms with Crippen LogP contribution in [0.4, 0.5) is 0 Å². The second-order valence-electron chi connectivity index (χ2n) is 6.05. The Morgan fingerprint density at radius 1 is 1.25 bits per heavy atom. The minimum atomic E-state index is 0.0561. The molecule has 0 N–H and O–H groups in total. The van der Waals surface area contributed by atoms with Gasteiger partial charge in [0.05, 0.1) is 0 Å². The van der Waals surface area contributed by atoms with Gasteiger partial charge in [-0.3, -0.25) is 9.78 Å². The zero-order chi connectivity index (χ0) is 13.9. The molecular weight excluding hydrogens is 272 g/mol. The van der Waals surface area contributed by atoms with Crippen molar-refractivity contribution in [2.75, 3.05) is 6.54 Å². The van der Waals surface area contributed by atoms with Crippen molar-refractivity contribution in [2.24, 2.45) is 5.92 Å². The zero-order valence-electron chi connectivity index (χ0n) is 11.7. The fourth-order valence-electron chi connectivity index (χ4n) is 3.10. The summed E-state index contributed by atoms with van der Waals surface area (Å²) >= 11 is 5.97. The molecule has 0 aromatic carbocycles. The van der Waals surface area contributed by atoms with Crippen LogP contribution in [0.2, 0.25) is 5.02 Å². The van der Waals surface area contributed by atoms with Crippen molar-refractivity contribution in [3.05, 3.63) is 29.0 Å². The summed E-state index contributed by atoms with van der Waals surface area (Å²) in [6, 6.07) is 3.83. The summed E-state index contributed by atoms with van der Waals surface area (Å²) in [7, 11) is 0. The molecule has 1 aromatic heterocycles. The molecule has 0 aliphatic heterocycles. The number of hydrogen-bond acceptors (Lipinski definition) is 2. The summed E-state index contributed by atoms with van der Waals surface area (Å²) < 4.78 is 0. The second kappa shape index (κ2) is 6.13. The third-order valence-corrected chi connectivity index (χ3v) is 4.60. The van der Waals surface area contributed by atoms with Gasteiger partial charge in [0.2, 0.25) is 0 Å². The molecule has 108 valence electrons. The van der Waals surface area contributed by atoms with E-state index < -0.39 is 0 Å². The predicted octanol–water partition coefficient (Wildman–Crippen LogP) is 3.92. The molecule has 3 nitrogen and oxygen atoms in total. The molecule has 0 saturated heterocycles. The smallest absolute Gasteiger partial charge is 0.272 e. The number of halogens is 1. The van der Waals surface area contributed by atoms with Gasteiger partial charge in [0.15, 0.2) is 0 Å². The number of rotatable bonds is 4. The van der Waals surface area contributed by atoms with Crippen molar-refractivity contribution in [1.29, 1.82) is 0 Å². The van der Waals surface area contributed by atoms with Crippen molar-refractivity contribution < 1.29 is 4.79 Å². The van der Waals surface area contributed by atoms with Gasteiger partial charge >= 0.3 is 0 Å². The molecular formula is C16H21ClN2O. The van der Waals surface area contributed by atoms with E-state index in [2.05, 4.69) is 9.88 Å². The maximum atomic E-state index is 12.7. The summed E-state index contributed by atoms with van der Waals surface area (Å²) in [5.74, 6) is 0.730. The van der Waals surface area contributed by atoms with Crippen LogP contribution in [0.1, 0.15) is 55.4 Å². The highest BCUT2D eigenvalue weighted by Gasteiger charge is 2.35. The summed E-state index contributed by atoms with van der Waals surface area (Å²) in [5, 5.41) is 0.580. The molecule has 0 bridgehead atoms. The first-order chi connectivity index (χ1) is 9.74. The number of carbonyl (C=O) groups is 1. The Labute approximate surface area is 125 Å². The van der Waals surface area contributed by atoms with Crippen molar-refractivity contribution in [2.45, 2.75) is 51.0 Å². The van der Waals surface area contributed by atoms with Crippen molar-refractivity contribution in [1.82, 2.24) is 9.88 Å². The van der Waals surface area contributed by atoms with Gasteiger partial charge < -0.3 is 4.90 Å². The number of pyridine rings is 1. The Bertz CT molecular complexity index is 481. The van der Waals surface area contributed by atoms with Gasteiger partial charge in [-0.05, 0) is 43.7 Å². The SMILES string of the molecule is O=C(c1cc(Cl)ccn1)N(CC1CCCCC1)C1CC1. The lowest BCUT2D eigenvalue weighted by Gasteiger charge is -2.29. The van der Waals surface area contributed by atoms with Crippen LogP contribution in [-0.2, 0) is 0 Å². The van der Waals surface area contributed by atoms with E-state index in [1.807, 2.05) is 0 Å². The van der Waals surface area contributed by atoms with Crippen molar-refractivity contribution >= 4 is 17.5 Å². The molecule has 2 aliphatic carbocycles. The molecule has 20 heavy (non-hydrogen) atoms. The maximum Gasteiger partial charge on any atom is 0.272 e. The van der Waals surface area contributed by atoms with E-state index in [-0.39, 0.29) is 5.91 Å². The average molecular weight is 293 g/mol. The van der Waals surface area contributed by atoms with Crippen LogP contribution < -0.4 is 0 Å². The summed E-state index contributed by atoms with van der Waals surface area (Å²) in [5.41, 5.74) is 0.486. The van der Waals surface area contributed by atoms with Gasteiger partial charge in [-0.2, -0.15) is 0 Å². The van der Waals surface area contributed by atoms with E-state index in [1.54, 1.807) is 18.3 Å². The van der Waals surface area contributed by atoms with E-state index in [0.29, 0.717) is 22.7 Å². The molecule has 0 atom stereocenters. The minimum absolute atomic E-state index is 0.0561. The summed E-state index contributed by atoms with van der Waals surface area (Å²) in [4.78, 5) is 18.9. The number of hydrogen-bond donors (Lipinski definition) is 0. The maximum absolute atomic E-state index is 12.7. The van der Waals surface area contributed by atoms with Crippen LogP contribution in [-0.4, -0.2) is 28.4 Å². The molecule has 0 radical (unpaired) electrons. The fraction of sp³-hybridized carbons (Fsp3) is 0.625. The monoisotopic (exact) mass is 292 g/mol. The highest BCUT2D eigenvalue weighted by molar-refractivity contribution is 6.30. The minimum Gasteiger partial charge on any atom is -0.334 e. The zero-order valence-corrected chi connectivity index (χ0v) is 12.5. The quantitative estimate of drug-likeness (QED) is 0.843. The average Bonchev–Trinajstić information content (AvgIpc) is 3.30. The van der Waals surface area contributed by atoms with E-state index in [1.165, 1.54) is 32.1 Å². The molecule has 1 amide bonds. The Kier molecular flexibility index (Phi) is 4.25. The largest absolute Gasteiger partial charge is 0.334 e. The predicted molar refractivity (Wildman–Crippen MR) is 79.9 cm³/mol. The first-order valence-electron chi connectivity index (χ1n) is 7.66. The molecule has 4 heteroatoms. The third-order valence-electron chi connectivity index (χ3n) is 4.37. The molecule has 1 heterocycles. The molecule has 0 spiro atoms. The second-order valence-corrected chi connectivity index (χ2v) is 6.49. The first-order valence-corrected chi connectivity index (χ1v) is 8.04. The van der Waals surface area contributed by atoms with Crippen molar-refractivity contribution in [3.8, 4) is 0 Å². The summed E-state index contributed by atoms with van der Waals surface area (Å²) in [6.07, 6.45) is 10.4. The van der Waals surface area contributed by atoms with Crippen LogP contribution in [0.5, 0.6) is 0 Å². The Balaban J connectivity index is 1.71. The molecule has 2 aliphatic rings. The number of carbonyl (C=O) groups excluding carboxylic acids is 1. The van der Waals surface area contributed by atoms with Gasteiger partial charge in [-0.15, -0.1) is 0 Å². The first kappa shape index (κ1) is 13.9. The Morgan fingerprint density at radius 2 is 2.00 bits per heavy atom. The van der Waals surface area contributed by atoms with Gasteiger partial charge in [0, 0.05) is 23.8 Å². The van der Waals surface area contributed by atoms with Crippen LogP contribution in [0.3, 0.4) is 0 Å². The van der Waals surface area contributed by atoms with E-state index >= 15 is 0 Å². The molecule has 1 aromatic rings. The normalized spacial score (nSPS) is 19.9. The van der Waals surface area contributed by atoms with E-state index in [9.17, 15) is 4.79 Å². The molecule has 3 rings (SSSR count). The van der Waals surface area contributed by atoms with Gasteiger partial charge in [-0.25, -0.2) is 0 Å². The van der Waals surface area contributed by atoms with Crippen LogP contribution >= 0.6 is 11.6 Å². The lowest BCUT2D eigenvalue weighted by molar-refractivity contribution is 0.0693. The lowest BCUT2D eigenvalue weighted by atomic mass is 9.89. The van der Waals surface area contributed by atoms with Crippen LogP contribution in [0, 0.1) is 5.92 Å². The number of aromatic nitrogens is 1. The Hall–Kier alpha value is -1.09. The molecule has 2 fully saturated rings. The molecule has 0 unspecified atom stereocenters. The Morgan fingerprint density at radius 3 is 2.65 bits per heavy atom. The fourth-order valence-corrected chi connectivity index (χ4v) is 3.26. The van der Waals surface area contributed by atoms with E-state index in [4.69, 9.17) is 11.6 Å². The van der Waals surface area contributed by atoms with Gasteiger partial charge in [0.1, 0.15) is 5.69 Å². The highest BCUT2D eigenvalue weighted by Crippen LogP contribution is 2.32. The van der Waals surface area contributed by atoms with Crippen LogP contribution in [0.25, 0.3) is 0 Å². The van der Waals surface area contributed by atoms with E-state index in [0.717, 1.165) is 19.4 Å². The number of nitrogens with zero attached hydrogens (tertiary/aromatic N) is 2. The third kappa shape index (κ3) is 3.32. The topological polar surface area (TPSA) is 33.2 Å². The highest BCUT2D eigenvalue weighted by atomic mass is 35.5. The van der Waals surface area contributed by atoms with Gasteiger partial charge in [0.25, 0.3) is 5.91 Å². The molecule has 2 saturated carbocycles. The van der Waals surface area contributed by atoms with Crippen LogP contribution in [0.15, 0.2) is 18.3 Å². The summed E-state index contributed by atoms with van der Waals surface area (Å²) in [6.45, 7) is 0.900.